The van der Waals surface area contributed by atoms with Crippen LogP contribution in [-0.4, -0.2) is 13.5 Å². The summed E-state index contributed by atoms with van der Waals surface area (Å²) in [5.74, 6) is 0. The van der Waals surface area contributed by atoms with Gasteiger partial charge in [0.2, 0.25) is 10.0 Å². The SMILES string of the molecule is Cc1cccc(N)c1S(=O)(=O)NCc1ccc(CO)cc1. The number of nitrogen functional groups attached to an aromatic ring is 1. The average Bonchev–Trinajstić information content (AvgIpc) is 2.45. The Bertz CT molecular complexity index is 705. The molecule has 0 aliphatic heterocycles. The Balaban J connectivity index is 2.18. The first-order chi connectivity index (χ1) is 9.94. The summed E-state index contributed by atoms with van der Waals surface area (Å²) in [5.41, 5.74) is 8.20. The van der Waals surface area contributed by atoms with Crippen LogP contribution in [0.5, 0.6) is 0 Å². The van der Waals surface area contributed by atoms with Gasteiger partial charge in [-0.05, 0) is 29.7 Å². The second-order valence-corrected chi connectivity index (χ2v) is 6.50. The van der Waals surface area contributed by atoms with Crippen molar-refractivity contribution in [1.82, 2.24) is 4.72 Å². The molecule has 6 heteroatoms. The van der Waals surface area contributed by atoms with E-state index in [1.807, 2.05) is 0 Å². The minimum atomic E-state index is -3.66. The lowest BCUT2D eigenvalue weighted by atomic mass is 10.1. The van der Waals surface area contributed by atoms with Gasteiger partial charge >= 0.3 is 0 Å². The van der Waals surface area contributed by atoms with E-state index >= 15 is 0 Å². The van der Waals surface area contributed by atoms with Crippen molar-refractivity contribution in [2.24, 2.45) is 0 Å². The number of hydrogen-bond acceptors (Lipinski definition) is 4. The van der Waals surface area contributed by atoms with Crippen molar-refractivity contribution in [2.45, 2.75) is 25.0 Å². The van der Waals surface area contributed by atoms with Crippen molar-refractivity contribution in [3.8, 4) is 0 Å². The molecule has 0 unspecified atom stereocenters. The van der Waals surface area contributed by atoms with Gasteiger partial charge in [-0.3, -0.25) is 0 Å². The number of nitrogens with one attached hydrogen (secondary N) is 1. The molecule has 4 N–H and O–H groups in total. The number of aliphatic hydroxyl groups excluding tert-OH is 1. The van der Waals surface area contributed by atoms with Gasteiger partial charge in [-0.25, -0.2) is 13.1 Å². The summed E-state index contributed by atoms with van der Waals surface area (Å²) in [7, 11) is -3.66. The minimum absolute atomic E-state index is 0.0360. The quantitative estimate of drug-likeness (QED) is 0.731. The number of benzene rings is 2. The van der Waals surface area contributed by atoms with E-state index in [9.17, 15) is 8.42 Å². The van der Waals surface area contributed by atoms with Gasteiger partial charge < -0.3 is 10.8 Å². The van der Waals surface area contributed by atoms with E-state index < -0.39 is 10.0 Å². The second kappa shape index (κ2) is 6.26. The molecule has 0 spiro atoms. The third-order valence-electron chi connectivity index (χ3n) is 3.18. The highest BCUT2D eigenvalue weighted by atomic mass is 32.2. The van der Waals surface area contributed by atoms with Crippen LogP contribution in [-0.2, 0) is 23.2 Å². The fourth-order valence-corrected chi connectivity index (χ4v) is 3.43. The first-order valence-electron chi connectivity index (χ1n) is 6.47. The standard InChI is InChI=1S/C15H18N2O3S/c1-11-3-2-4-14(16)15(11)21(19,20)17-9-12-5-7-13(10-18)8-6-12/h2-8,17-18H,9-10,16H2,1H3. The van der Waals surface area contributed by atoms with Crippen molar-refractivity contribution in [2.75, 3.05) is 5.73 Å². The Hall–Kier alpha value is -1.89. The molecule has 0 amide bonds. The summed E-state index contributed by atoms with van der Waals surface area (Å²) < 4.78 is 27.2. The lowest BCUT2D eigenvalue weighted by molar-refractivity contribution is 0.282. The smallest absolute Gasteiger partial charge is 0.243 e. The fourth-order valence-electron chi connectivity index (χ4n) is 2.06. The molecule has 0 saturated carbocycles. The van der Waals surface area contributed by atoms with Gasteiger partial charge in [0.1, 0.15) is 4.90 Å². The highest BCUT2D eigenvalue weighted by Gasteiger charge is 2.19. The molecule has 5 nitrogen and oxygen atoms in total. The fraction of sp³-hybridized carbons (Fsp3) is 0.200. The van der Waals surface area contributed by atoms with E-state index in [4.69, 9.17) is 10.8 Å². The van der Waals surface area contributed by atoms with Gasteiger partial charge in [-0.15, -0.1) is 0 Å². The molecule has 112 valence electrons. The Labute approximate surface area is 124 Å². The number of nitrogens with two attached hydrogens (primary N) is 1. The number of rotatable bonds is 5. The molecule has 21 heavy (non-hydrogen) atoms. The largest absolute Gasteiger partial charge is 0.398 e. The Morgan fingerprint density at radius 1 is 1.10 bits per heavy atom. The van der Waals surface area contributed by atoms with Crippen molar-refractivity contribution >= 4 is 15.7 Å². The molecular weight excluding hydrogens is 288 g/mol. The molecule has 0 saturated heterocycles. The number of aliphatic hydroxyl groups is 1. The third kappa shape index (κ3) is 3.60. The maximum Gasteiger partial charge on any atom is 0.243 e. The molecule has 0 fully saturated rings. The zero-order chi connectivity index (χ0) is 15.5. The zero-order valence-corrected chi connectivity index (χ0v) is 12.5. The summed E-state index contributed by atoms with van der Waals surface area (Å²) in [4.78, 5) is 0.122. The molecule has 0 bridgehead atoms. The van der Waals surface area contributed by atoms with Crippen LogP contribution in [0.4, 0.5) is 5.69 Å². The van der Waals surface area contributed by atoms with Gasteiger partial charge in [0.05, 0.1) is 12.3 Å². The molecule has 0 aromatic heterocycles. The molecule has 0 aliphatic carbocycles. The maximum atomic E-state index is 12.3. The van der Waals surface area contributed by atoms with E-state index in [2.05, 4.69) is 4.72 Å². The van der Waals surface area contributed by atoms with Crippen molar-refractivity contribution in [3.05, 3.63) is 59.2 Å². The highest BCUT2D eigenvalue weighted by molar-refractivity contribution is 7.89. The van der Waals surface area contributed by atoms with Gasteiger partial charge in [0, 0.05) is 6.54 Å². The van der Waals surface area contributed by atoms with Crippen molar-refractivity contribution in [1.29, 1.82) is 0 Å². The number of aryl methyl sites for hydroxylation is 1. The molecule has 2 aromatic carbocycles. The van der Waals surface area contributed by atoms with Gasteiger partial charge in [-0.1, -0.05) is 36.4 Å². The Kier molecular flexibility index (Phi) is 4.62. The Morgan fingerprint density at radius 2 is 1.71 bits per heavy atom. The lowest BCUT2D eigenvalue weighted by Crippen LogP contribution is -2.25. The van der Waals surface area contributed by atoms with E-state index in [1.54, 1.807) is 49.4 Å². The summed E-state index contributed by atoms with van der Waals surface area (Å²) >= 11 is 0. The summed E-state index contributed by atoms with van der Waals surface area (Å²) in [6, 6.07) is 12.1. The summed E-state index contributed by atoms with van der Waals surface area (Å²) in [6.07, 6.45) is 0. The normalized spacial score (nSPS) is 11.5. The van der Waals surface area contributed by atoms with E-state index in [0.29, 0.717) is 5.56 Å². The number of hydrogen-bond donors (Lipinski definition) is 3. The zero-order valence-electron chi connectivity index (χ0n) is 11.7. The van der Waals surface area contributed by atoms with Crippen LogP contribution in [0.15, 0.2) is 47.4 Å². The van der Waals surface area contributed by atoms with Crippen LogP contribution >= 0.6 is 0 Å². The number of sulfonamides is 1. The molecule has 0 radical (unpaired) electrons. The molecule has 0 heterocycles. The van der Waals surface area contributed by atoms with Crippen LogP contribution in [0.1, 0.15) is 16.7 Å². The summed E-state index contributed by atoms with van der Waals surface area (Å²) in [5, 5.41) is 8.97. The topological polar surface area (TPSA) is 92.4 Å². The molecule has 2 aromatic rings. The van der Waals surface area contributed by atoms with Crippen LogP contribution in [0.25, 0.3) is 0 Å². The van der Waals surface area contributed by atoms with Gasteiger partial charge in [0.25, 0.3) is 0 Å². The maximum absolute atomic E-state index is 12.3. The molecule has 2 rings (SSSR count). The third-order valence-corrected chi connectivity index (χ3v) is 4.80. The number of anilines is 1. The molecule has 0 atom stereocenters. The van der Waals surface area contributed by atoms with Crippen LogP contribution in [0.3, 0.4) is 0 Å². The molecular formula is C15H18N2O3S. The van der Waals surface area contributed by atoms with E-state index in [0.717, 1.165) is 11.1 Å². The van der Waals surface area contributed by atoms with E-state index in [-0.39, 0.29) is 23.7 Å². The second-order valence-electron chi connectivity index (χ2n) is 4.79. The first kappa shape index (κ1) is 15.5. The van der Waals surface area contributed by atoms with Gasteiger partial charge in [0.15, 0.2) is 0 Å². The van der Waals surface area contributed by atoms with E-state index in [1.165, 1.54) is 0 Å². The predicted octanol–water partition coefficient (Wildman–Crippen LogP) is 1.55. The average molecular weight is 306 g/mol. The molecule has 0 aliphatic rings. The van der Waals surface area contributed by atoms with Crippen LogP contribution in [0.2, 0.25) is 0 Å². The summed E-state index contributed by atoms with van der Waals surface area (Å²) in [6.45, 7) is 1.84. The predicted molar refractivity (Wildman–Crippen MR) is 82.0 cm³/mol. The van der Waals surface area contributed by atoms with Crippen molar-refractivity contribution in [3.63, 3.8) is 0 Å². The van der Waals surface area contributed by atoms with Crippen LogP contribution in [0, 0.1) is 6.92 Å². The van der Waals surface area contributed by atoms with Gasteiger partial charge in [-0.2, -0.15) is 0 Å². The highest BCUT2D eigenvalue weighted by Crippen LogP contribution is 2.22. The van der Waals surface area contributed by atoms with Crippen LogP contribution < -0.4 is 10.5 Å². The Morgan fingerprint density at radius 3 is 2.29 bits per heavy atom. The lowest BCUT2D eigenvalue weighted by Gasteiger charge is -2.11. The minimum Gasteiger partial charge on any atom is -0.398 e. The first-order valence-corrected chi connectivity index (χ1v) is 7.96. The van der Waals surface area contributed by atoms with Crippen molar-refractivity contribution < 1.29 is 13.5 Å². The monoisotopic (exact) mass is 306 g/mol.